The molecule has 1 N–H and O–H groups in total. The van der Waals surface area contributed by atoms with Gasteiger partial charge in [-0.05, 0) is 61.2 Å². The molecule has 2 aromatic carbocycles. The van der Waals surface area contributed by atoms with Crippen molar-refractivity contribution in [3.63, 3.8) is 0 Å². The third kappa shape index (κ3) is 6.03. The van der Waals surface area contributed by atoms with Crippen LogP contribution in [0.5, 0.6) is 0 Å². The molecule has 1 amide bonds. The number of amides is 1. The first-order chi connectivity index (χ1) is 15.6. The summed E-state index contributed by atoms with van der Waals surface area (Å²) in [4.78, 5) is 24.6. The molecule has 0 spiro atoms. The van der Waals surface area contributed by atoms with E-state index in [0.29, 0.717) is 5.92 Å². The van der Waals surface area contributed by atoms with E-state index >= 15 is 0 Å². The molecule has 1 aliphatic rings. The molecular formula is C23H26ClFN2O5S. The molecule has 178 valence electrons. The van der Waals surface area contributed by atoms with Gasteiger partial charge < -0.3 is 10.1 Å². The smallest absolute Gasteiger partial charge is 0.340 e. The molecule has 33 heavy (non-hydrogen) atoms. The molecule has 0 aliphatic heterocycles. The van der Waals surface area contributed by atoms with Gasteiger partial charge in [0, 0.05) is 13.1 Å². The van der Waals surface area contributed by atoms with E-state index in [1.165, 1.54) is 31.3 Å². The Hall–Kier alpha value is -2.65. The standard InChI is InChI=1S/C23H26ClFN2O5S/c1-15-5-3-4-6-21(15)26-22(28)14-32-23(29)19-13-18(11-12-20(19)24)33(30,31)27(2)17-9-7-16(25)8-10-17/h7-13,15,21H,3-6,14H2,1-2H3,(H,26,28). The molecule has 1 saturated carbocycles. The van der Waals surface area contributed by atoms with Gasteiger partial charge in [0.05, 0.1) is 21.2 Å². The molecular weight excluding hydrogens is 471 g/mol. The Kier molecular flexibility index (Phi) is 7.97. The fourth-order valence-electron chi connectivity index (χ4n) is 3.76. The van der Waals surface area contributed by atoms with Crippen molar-refractivity contribution in [3.05, 3.63) is 58.9 Å². The van der Waals surface area contributed by atoms with Crippen LogP contribution in [0, 0.1) is 11.7 Å². The van der Waals surface area contributed by atoms with Crippen molar-refractivity contribution < 1.29 is 27.1 Å². The summed E-state index contributed by atoms with van der Waals surface area (Å²) < 4.78 is 45.2. The highest BCUT2D eigenvalue weighted by Gasteiger charge is 2.26. The van der Waals surface area contributed by atoms with Gasteiger partial charge in [0.2, 0.25) is 0 Å². The maximum absolute atomic E-state index is 13.2. The lowest BCUT2D eigenvalue weighted by Crippen LogP contribution is -2.42. The number of anilines is 1. The maximum Gasteiger partial charge on any atom is 0.340 e. The van der Waals surface area contributed by atoms with Gasteiger partial charge in [-0.1, -0.05) is 31.4 Å². The molecule has 1 aliphatic carbocycles. The van der Waals surface area contributed by atoms with E-state index in [1.54, 1.807) is 0 Å². The van der Waals surface area contributed by atoms with Crippen molar-refractivity contribution in [2.24, 2.45) is 5.92 Å². The van der Waals surface area contributed by atoms with E-state index < -0.39 is 34.3 Å². The number of ether oxygens (including phenoxy) is 1. The normalized spacial score (nSPS) is 18.4. The van der Waals surface area contributed by atoms with Crippen LogP contribution in [0.3, 0.4) is 0 Å². The number of rotatable bonds is 7. The average molecular weight is 497 g/mol. The van der Waals surface area contributed by atoms with Gasteiger partial charge in [0.1, 0.15) is 5.82 Å². The Morgan fingerprint density at radius 2 is 1.82 bits per heavy atom. The Morgan fingerprint density at radius 1 is 1.15 bits per heavy atom. The molecule has 0 radical (unpaired) electrons. The zero-order chi connectivity index (χ0) is 24.2. The number of carbonyl (C=O) groups excluding carboxylic acids is 2. The number of nitrogens with zero attached hydrogens (tertiary/aromatic N) is 1. The number of nitrogens with one attached hydrogen (secondary N) is 1. The summed E-state index contributed by atoms with van der Waals surface area (Å²) in [6, 6.07) is 8.60. The second kappa shape index (κ2) is 10.5. The first-order valence-electron chi connectivity index (χ1n) is 10.6. The largest absolute Gasteiger partial charge is 0.452 e. The molecule has 2 unspecified atom stereocenters. The number of hydrogen-bond acceptors (Lipinski definition) is 5. The van der Waals surface area contributed by atoms with Crippen LogP contribution in [0.4, 0.5) is 10.1 Å². The molecule has 2 aromatic rings. The van der Waals surface area contributed by atoms with Gasteiger partial charge in [-0.3, -0.25) is 9.10 Å². The minimum absolute atomic E-state index is 0.00954. The van der Waals surface area contributed by atoms with Crippen molar-refractivity contribution >= 4 is 39.2 Å². The van der Waals surface area contributed by atoms with Crippen LogP contribution in [0.1, 0.15) is 43.0 Å². The molecule has 0 heterocycles. The van der Waals surface area contributed by atoms with Crippen molar-refractivity contribution in [3.8, 4) is 0 Å². The molecule has 0 bridgehead atoms. The van der Waals surface area contributed by atoms with E-state index in [0.717, 1.165) is 48.2 Å². The molecule has 3 rings (SSSR count). The van der Waals surface area contributed by atoms with Gasteiger partial charge in [0.25, 0.3) is 15.9 Å². The van der Waals surface area contributed by atoms with Crippen molar-refractivity contribution in [2.45, 2.75) is 43.5 Å². The molecule has 0 aromatic heterocycles. The third-order valence-corrected chi connectivity index (χ3v) is 7.91. The minimum atomic E-state index is -4.07. The summed E-state index contributed by atoms with van der Waals surface area (Å²) in [5.74, 6) is -1.47. The highest BCUT2D eigenvalue weighted by molar-refractivity contribution is 7.92. The lowest BCUT2D eigenvalue weighted by molar-refractivity contribution is -0.125. The Bertz CT molecular complexity index is 1120. The number of esters is 1. The number of benzene rings is 2. The van der Waals surface area contributed by atoms with E-state index in [4.69, 9.17) is 16.3 Å². The third-order valence-electron chi connectivity index (χ3n) is 5.80. The van der Waals surface area contributed by atoms with Gasteiger partial charge in [-0.15, -0.1) is 0 Å². The number of sulfonamides is 1. The number of halogens is 2. The highest BCUT2D eigenvalue weighted by Crippen LogP contribution is 2.27. The summed E-state index contributed by atoms with van der Waals surface area (Å²) in [7, 11) is -2.76. The molecule has 0 saturated heterocycles. The predicted molar refractivity (Wildman–Crippen MR) is 123 cm³/mol. The summed E-state index contributed by atoms with van der Waals surface area (Å²) in [5, 5.41) is 2.87. The summed E-state index contributed by atoms with van der Waals surface area (Å²) >= 11 is 6.09. The molecule has 1 fully saturated rings. The van der Waals surface area contributed by atoms with Crippen LogP contribution in [0.2, 0.25) is 5.02 Å². The SMILES string of the molecule is CC1CCCCC1NC(=O)COC(=O)c1cc(S(=O)(=O)N(C)c2ccc(F)cc2)ccc1Cl. The zero-order valence-corrected chi connectivity index (χ0v) is 20.0. The lowest BCUT2D eigenvalue weighted by atomic mass is 9.86. The number of hydrogen-bond donors (Lipinski definition) is 1. The molecule has 2 atom stereocenters. The van der Waals surface area contributed by atoms with Gasteiger partial charge in [-0.25, -0.2) is 17.6 Å². The van der Waals surface area contributed by atoms with E-state index in [2.05, 4.69) is 12.2 Å². The fraction of sp³-hybridized carbons (Fsp3) is 0.391. The second-order valence-electron chi connectivity index (χ2n) is 8.10. The quantitative estimate of drug-likeness (QED) is 0.581. The van der Waals surface area contributed by atoms with Crippen LogP contribution >= 0.6 is 11.6 Å². The van der Waals surface area contributed by atoms with Crippen molar-refractivity contribution in [1.82, 2.24) is 5.32 Å². The van der Waals surface area contributed by atoms with Crippen LogP contribution in [-0.4, -0.2) is 40.0 Å². The van der Waals surface area contributed by atoms with Gasteiger partial charge >= 0.3 is 5.97 Å². The van der Waals surface area contributed by atoms with Crippen LogP contribution in [-0.2, 0) is 19.6 Å². The maximum atomic E-state index is 13.2. The summed E-state index contributed by atoms with van der Waals surface area (Å²) in [5.41, 5.74) is 0.0631. The Labute approximate surface area is 197 Å². The zero-order valence-electron chi connectivity index (χ0n) is 18.4. The van der Waals surface area contributed by atoms with E-state index in [1.807, 2.05) is 0 Å². The van der Waals surface area contributed by atoms with Crippen LogP contribution < -0.4 is 9.62 Å². The predicted octanol–water partition coefficient (Wildman–Crippen LogP) is 4.16. The first-order valence-corrected chi connectivity index (χ1v) is 12.4. The molecule has 7 nitrogen and oxygen atoms in total. The van der Waals surface area contributed by atoms with Crippen LogP contribution in [0.25, 0.3) is 0 Å². The second-order valence-corrected chi connectivity index (χ2v) is 10.5. The Balaban J connectivity index is 1.70. The van der Waals surface area contributed by atoms with Gasteiger partial charge in [-0.2, -0.15) is 0 Å². The first kappa shape index (κ1) is 25.0. The van der Waals surface area contributed by atoms with E-state index in [9.17, 15) is 22.4 Å². The lowest BCUT2D eigenvalue weighted by Gasteiger charge is -2.29. The minimum Gasteiger partial charge on any atom is -0.452 e. The fourth-order valence-corrected chi connectivity index (χ4v) is 5.17. The van der Waals surface area contributed by atoms with Crippen molar-refractivity contribution in [1.29, 1.82) is 0 Å². The monoisotopic (exact) mass is 496 g/mol. The topological polar surface area (TPSA) is 92.8 Å². The van der Waals surface area contributed by atoms with Gasteiger partial charge in [0.15, 0.2) is 6.61 Å². The molecule has 10 heteroatoms. The summed E-state index contributed by atoms with van der Waals surface area (Å²) in [6.07, 6.45) is 4.09. The average Bonchev–Trinajstić information content (AvgIpc) is 2.79. The Morgan fingerprint density at radius 3 is 2.48 bits per heavy atom. The van der Waals surface area contributed by atoms with Crippen molar-refractivity contribution in [2.75, 3.05) is 18.0 Å². The number of carbonyl (C=O) groups is 2. The highest BCUT2D eigenvalue weighted by atomic mass is 35.5. The van der Waals surface area contributed by atoms with Crippen LogP contribution in [0.15, 0.2) is 47.4 Å². The summed E-state index contributed by atoms with van der Waals surface area (Å²) in [6.45, 7) is 1.58. The van der Waals surface area contributed by atoms with E-state index in [-0.39, 0.29) is 27.2 Å².